The number of hydrogen-bond donors (Lipinski definition) is 2. The fraction of sp³-hybridized carbons (Fsp3) is 0.0400. The number of phenols is 1. The summed E-state index contributed by atoms with van der Waals surface area (Å²) in [6, 6.07) is 30.0. The molecule has 0 unspecified atom stereocenters. The topological polar surface area (TPSA) is 29.5 Å². The van der Waals surface area contributed by atoms with Gasteiger partial charge in [0.15, 0.2) is 0 Å². The quantitative estimate of drug-likeness (QED) is 0.157. The Kier molecular flexibility index (Phi) is 5.68. The third-order valence-electron chi connectivity index (χ3n) is 5.16. The predicted molar refractivity (Wildman–Crippen MR) is 140 cm³/mol. The highest BCUT2D eigenvalue weighted by Crippen LogP contribution is 2.62. The van der Waals surface area contributed by atoms with Gasteiger partial charge in [-0.15, -0.1) is 0 Å². The number of aromatic hydroxyl groups is 1. The monoisotopic (exact) mass is 636 g/mol. The van der Waals surface area contributed by atoms with Crippen molar-refractivity contribution in [2.75, 3.05) is 0 Å². The van der Waals surface area contributed by atoms with E-state index in [1.54, 1.807) is 0 Å². The number of hydrogen-bond acceptors (Lipinski definition) is 2. The Morgan fingerprint density at radius 2 is 1.27 bits per heavy atom. The molecule has 1 N–H and O–H groups in total. The molecule has 150 valence electrons. The summed E-state index contributed by atoms with van der Waals surface area (Å²) in [4.78, 5) is 4.19. The average molecular weight is 636 g/mol. The molecular formula is C25H18I2O2S. The van der Waals surface area contributed by atoms with Crippen LogP contribution in [0.3, 0.4) is 0 Å². The molecule has 0 amide bonds. The molecular weight excluding hydrogens is 618 g/mol. The van der Waals surface area contributed by atoms with Crippen LogP contribution in [0.1, 0.15) is 5.56 Å². The molecule has 5 heteroatoms. The molecule has 1 aliphatic rings. The lowest BCUT2D eigenvalue weighted by Crippen LogP contribution is -1.97. The number of thiol groups is 1. The number of ether oxygens (including phenoxy) is 1. The van der Waals surface area contributed by atoms with Crippen molar-refractivity contribution in [3.63, 3.8) is 0 Å². The fourth-order valence-corrected chi connectivity index (χ4v) is 8.26. The fourth-order valence-electron chi connectivity index (χ4n) is 3.76. The molecule has 5 rings (SSSR count). The Morgan fingerprint density at radius 3 is 1.83 bits per heavy atom. The molecule has 0 radical (unpaired) electrons. The maximum atomic E-state index is 9.94. The largest absolute Gasteiger partial charge is 0.506 e. The molecule has 1 aliphatic heterocycles. The van der Waals surface area contributed by atoms with Gasteiger partial charge in [-0.05, 0) is 115 Å². The van der Waals surface area contributed by atoms with E-state index < -0.39 is 10.9 Å². The summed E-state index contributed by atoms with van der Waals surface area (Å²) in [5.74, 6) is 1.19. The molecule has 30 heavy (non-hydrogen) atoms. The van der Waals surface area contributed by atoms with Crippen LogP contribution in [0.15, 0.2) is 99.6 Å². The van der Waals surface area contributed by atoms with E-state index in [0.717, 1.165) is 18.5 Å². The van der Waals surface area contributed by atoms with Crippen molar-refractivity contribution < 1.29 is 9.84 Å². The normalized spacial score (nSPS) is 13.1. The Morgan fingerprint density at radius 1 is 0.733 bits per heavy atom. The van der Waals surface area contributed by atoms with Gasteiger partial charge in [0.25, 0.3) is 0 Å². The summed E-state index contributed by atoms with van der Waals surface area (Å²) in [5, 5.41) is 9.94. The Balaban J connectivity index is 1.39. The third-order valence-corrected chi connectivity index (χ3v) is 9.36. The SMILES string of the molecule is Oc1c(I)cc(COc2ccc([SH]3c4ccccc4-c4ccccc43)cc2)cc1I. The van der Waals surface area contributed by atoms with Crippen molar-refractivity contribution in [2.24, 2.45) is 0 Å². The molecule has 0 fully saturated rings. The lowest BCUT2D eigenvalue weighted by atomic mass is 10.1. The molecule has 0 saturated carbocycles. The Bertz CT molecular complexity index is 1170. The maximum absolute atomic E-state index is 9.94. The van der Waals surface area contributed by atoms with E-state index in [-0.39, 0.29) is 0 Å². The Hall–Kier alpha value is -1.71. The number of phenolic OH excluding ortho intramolecular Hbond substituents is 1. The van der Waals surface area contributed by atoms with Crippen molar-refractivity contribution in [2.45, 2.75) is 21.3 Å². The molecule has 0 aromatic heterocycles. The number of benzene rings is 4. The standard InChI is InChI=1S/C25H18I2O2S/c26-21-13-16(14-22(27)25(21)28)15-29-17-9-11-18(12-10-17)30-23-7-3-1-5-19(23)20-6-2-4-8-24(20)30/h1-14,28,30H,15H2. The van der Waals surface area contributed by atoms with Gasteiger partial charge >= 0.3 is 0 Å². The van der Waals surface area contributed by atoms with Crippen LogP contribution in [0.25, 0.3) is 11.1 Å². The first-order chi connectivity index (χ1) is 14.6. The van der Waals surface area contributed by atoms with Crippen molar-refractivity contribution in [3.05, 3.63) is 97.6 Å². The molecule has 0 saturated heterocycles. The highest BCUT2D eigenvalue weighted by Gasteiger charge is 2.26. The van der Waals surface area contributed by atoms with Crippen molar-refractivity contribution in [3.8, 4) is 22.6 Å². The van der Waals surface area contributed by atoms with Gasteiger partial charge in [0.05, 0.1) is 7.14 Å². The van der Waals surface area contributed by atoms with Crippen LogP contribution in [-0.2, 0) is 6.61 Å². The van der Waals surface area contributed by atoms with Gasteiger partial charge in [0.2, 0.25) is 0 Å². The summed E-state index contributed by atoms with van der Waals surface area (Å²) in [6.07, 6.45) is 0. The first-order valence-corrected chi connectivity index (χ1v) is 13.0. The highest BCUT2D eigenvalue weighted by molar-refractivity contribution is 14.1. The first-order valence-electron chi connectivity index (χ1n) is 9.50. The minimum atomic E-state index is -0.535. The number of halogens is 2. The van der Waals surface area contributed by atoms with Crippen LogP contribution in [0.2, 0.25) is 0 Å². The van der Waals surface area contributed by atoms with Crippen LogP contribution in [0.4, 0.5) is 0 Å². The van der Waals surface area contributed by atoms with Gasteiger partial charge in [-0.2, -0.15) is 10.9 Å². The van der Waals surface area contributed by atoms with E-state index in [4.69, 9.17) is 4.74 Å². The molecule has 1 heterocycles. The molecule has 0 bridgehead atoms. The lowest BCUT2D eigenvalue weighted by Gasteiger charge is -2.19. The zero-order valence-corrected chi connectivity index (χ0v) is 21.1. The predicted octanol–water partition coefficient (Wildman–Crippen LogP) is 7.64. The zero-order valence-electron chi connectivity index (χ0n) is 15.8. The molecule has 2 nitrogen and oxygen atoms in total. The van der Waals surface area contributed by atoms with Crippen LogP contribution in [-0.4, -0.2) is 5.11 Å². The van der Waals surface area contributed by atoms with E-state index in [1.807, 2.05) is 12.1 Å². The number of rotatable bonds is 4. The summed E-state index contributed by atoms with van der Waals surface area (Å²) in [6.45, 7) is 0.478. The van der Waals surface area contributed by atoms with Gasteiger partial charge in [-0.3, -0.25) is 0 Å². The summed E-state index contributed by atoms with van der Waals surface area (Å²) < 4.78 is 7.70. The minimum Gasteiger partial charge on any atom is -0.506 e. The molecule has 4 aromatic rings. The first kappa shape index (κ1) is 20.2. The molecule has 0 atom stereocenters. The summed E-state index contributed by atoms with van der Waals surface area (Å²) in [7, 11) is -0.535. The van der Waals surface area contributed by atoms with E-state index in [0.29, 0.717) is 12.4 Å². The van der Waals surface area contributed by atoms with Crippen LogP contribution in [0.5, 0.6) is 11.5 Å². The maximum Gasteiger partial charge on any atom is 0.142 e. The summed E-state index contributed by atoms with van der Waals surface area (Å²) in [5.41, 5.74) is 3.76. The molecule has 0 aliphatic carbocycles. The average Bonchev–Trinajstić information content (AvgIpc) is 3.11. The van der Waals surface area contributed by atoms with Gasteiger partial charge in [0, 0.05) is 9.79 Å². The van der Waals surface area contributed by atoms with Crippen LogP contribution >= 0.6 is 56.1 Å². The van der Waals surface area contributed by atoms with E-state index in [1.165, 1.54) is 25.8 Å². The Labute approximate surface area is 205 Å². The smallest absolute Gasteiger partial charge is 0.142 e. The van der Waals surface area contributed by atoms with Gasteiger partial charge in [-0.25, -0.2) is 0 Å². The third kappa shape index (κ3) is 3.71. The second kappa shape index (κ2) is 8.43. The molecule has 0 spiro atoms. The lowest BCUT2D eigenvalue weighted by molar-refractivity contribution is 0.305. The van der Waals surface area contributed by atoms with Crippen LogP contribution < -0.4 is 4.74 Å². The van der Waals surface area contributed by atoms with Crippen LogP contribution in [0, 0.1) is 7.14 Å². The van der Waals surface area contributed by atoms with E-state index in [9.17, 15) is 5.11 Å². The van der Waals surface area contributed by atoms with E-state index in [2.05, 4.69) is 118 Å². The minimum absolute atomic E-state index is 0.337. The molecule has 4 aromatic carbocycles. The van der Waals surface area contributed by atoms with Crippen molar-refractivity contribution in [1.29, 1.82) is 0 Å². The van der Waals surface area contributed by atoms with Crippen molar-refractivity contribution >= 4 is 56.1 Å². The second-order valence-electron chi connectivity index (χ2n) is 7.06. The summed E-state index contributed by atoms with van der Waals surface area (Å²) >= 11 is 4.30. The number of fused-ring (bicyclic) bond motifs is 3. The zero-order chi connectivity index (χ0) is 20.7. The van der Waals surface area contributed by atoms with Crippen molar-refractivity contribution in [1.82, 2.24) is 0 Å². The van der Waals surface area contributed by atoms with Gasteiger partial charge in [0.1, 0.15) is 18.1 Å². The second-order valence-corrected chi connectivity index (χ2v) is 11.5. The van der Waals surface area contributed by atoms with E-state index >= 15 is 0 Å². The highest BCUT2D eigenvalue weighted by atomic mass is 127. The van der Waals surface area contributed by atoms with Gasteiger partial charge < -0.3 is 9.84 Å². The van der Waals surface area contributed by atoms with Gasteiger partial charge in [-0.1, -0.05) is 36.4 Å².